The Bertz CT molecular complexity index is 168. The molecule has 0 aliphatic carbocycles. The van der Waals surface area contributed by atoms with Crippen molar-refractivity contribution in [3.8, 4) is 0 Å². The molecular weight excluding hydrogens is 256 g/mol. The second-order valence-corrected chi connectivity index (χ2v) is 8.37. The minimum absolute atomic E-state index is 0.376. The van der Waals surface area contributed by atoms with Crippen LogP contribution in [0.15, 0.2) is 0 Å². The maximum atomic E-state index is 5.95. The zero-order valence-corrected chi connectivity index (χ0v) is 14.6. The van der Waals surface area contributed by atoms with Crippen molar-refractivity contribution in [1.29, 1.82) is 0 Å². The fourth-order valence-corrected chi connectivity index (χ4v) is 2.83. The molecule has 0 heterocycles. The van der Waals surface area contributed by atoms with E-state index in [1.807, 2.05) is 0 Å². The Balaban J connectivity index is 3.08. The first-order valence-electron chi connectivity index (χ1n) is 8.00. The molecule has 0 N–H and O–H groups in total. The molecule has 0 rings (SSSR count). The zero-order valence-electron chi connectivity index (χ0n) is 12.9. The largest absolute Gasteiger partial charge is 0.178 e. The first-order chi connectivity index (χ1) is 8.62. The Morgan fingerprint density at radius 3 is 1.50 bits per heavy atom. The van der Waals surface area contributed by atoms with Crippen molar-refractivity contribution in [2.24, 2.45) is 0 Å². The van der Waals surface area contributed by atoms with E-state index in [0.717, 1.165) is 0 Å². The van der Waals surface area contributed by atoms with Crippen LogP contribution >= 0.6 is 11.1 Å². The van der Waals surface area contributed by atoms with E-state index in [1.165, 1.54) is 77.0 Å². The van der Waals surface area contributed by atoms with E-state index in [0.29, 0.717) is 13.9 Å². The lowest BCUT2D eigenvalue weighted by Gasteiger charge is -2.19. The lowest BCUT2D eigenvalue weighted by molar-refractivity contribution is 0.514. The van der Waals surface area contributed by atoms with E-state index in [2.05, 4.69) is 20.8 Å². The van der Waals surface area contributed by atoms with Gasteiger partial charge in [-0.1, -0.05) is 91.4 Å². The van der Waals surface area contributed by atoms with Crippen LogP contribution in [0.25, 0.3) is 0 Å². The van der Waals surface area contributed by atoms with Crippen LogP contribution in [-0.2, 0) is 0 Å². The second kappa shape index (κ2) is 12.5. The maximum absolute atomic E-state index is 5.95. The van der Waals surface area contributed by atoms with E-state index >= 15 is 0 Å². The number of hydrogen-bond acceptors (Lipinski definition) is 0. The highest BCUT2D eigenvalue weighted by atomic mass is 35.6. The van der Waals surface area contributed by atoms with Gasteiger partial charge in [0.1, 0.15) is 0 Å². The van der Waals surface area contributed by atoms with Crippen LogP contribution in [0.1, 0.15) is 97.8 Å². The van der Waals surface area contributed by atoms with Crippen LogP contribution in [0.5, 0.6) is 0 Å². The smallest absolute Gasteiger partial charge is 0.171 e. The molecule has 18 heavy (non-hydrogen) atoms. The highest BCUT2D eigenvalue weighted by Crippen LogP contribution is 2.31. The van der Waals surface area contributed by atoms with Gasteiger partial charge in [0.25, 0.3) is 0 Å². The molecule has 0 spiro atoms. The van der Waals surface area contributed by atoms with E-state index in [1.54, 1.807) is 0 Å². The molecule has 0 fully saturated rings. The zero-order chi connectivity index (χ0) is 13.7. The molecule has 0 bridgehead atoms. The predicted octanol–water partition coefficient (Wildman–Crippen LogP) is 6.74. The van der Waals surface area contributed by atoms with Gasteiger partial charge >= 0.3 is 0 Å². The van der Waals surface area contributed by atoms with E-state index < -0.39 is 0 Å². The lowest BCUT2D eigenvalue weighted by atomic mass is 10.0. The summed E-state index contributed by atoms with van der Waals surface area (Å²) in [6.45, 7) is 6.86. The molecule has 2 radical (unpaired) electrons. The molecule has 108 valence electrons. The monoisotopic (exact) mass is 288 g/mol. The number of hydrogen-bond donors (Lipinski definition) is 0. The summed E-state index contributed by atoms with van der Waals surface area (Å²) in [4.78, 5) is 0. The van der Waals surface area contributed by atoms with Gasteiger partial charge in [-0.05, 0) is 11.5 Å². The Hall–Kier alpha value is 0.507. The van der Waals surface area contributed by atoms with E-state index in [4.69, 9.17) is 11.1 Å². The Labute approximate surface area is 123 Å². The van der Waals surface area contributed by atoms with Crippen molar-refractivity contribution in [1.82, 2.24) is 0 Å². The van der Waals surface area contributed by atoms with Crippen molar-refractivity contribution in [3.05, 3.63) is 0 Å². The topological polar surface area (TPSA) is 0 Å². The van der Waals surface area contributed by atoms with Gasteiger partial charge in [0.2, 0.25) is 0 Å². The quantitative estimate of drug-likeness (QED) is 0.200. The second-order valence-electron chi connectivity index (χ2n) is 6.26. The number of unbranched alkanes of at least 4 members (excludes halogenated alkanes) is 10. The molecule has 0 aliphatic heterocycles. The van der Waals surface area contributed by atoms with Crippen LogP contribution in [0.3, 0.4) is 0 Å². The number of rotatable bonds is 13. The van der Waals surface area contributed by atoms with Crippen molar-refractivity contribution >= 4 is 19.9 Å². The molecule has 0 atom stereocenters. The van der Waals surface area contributed by atoms with Crippen LogP contribution in [-0.4, -0.2) is 8.83 Å². The highest BCUT2D eigenvalue weighted by molar-refractivity contribution is 6.95. The Morgan fingerprint density at radius 2 is 1.11 bits per heavy atom. The van der Waals surface area contributed by atoms with Gasteiger partial charge in [0.15, 0.2) is 8.83 Å². The van der Waals surface area contributed by atoms with E-state index in [-0.39, 0.29) is 0 Å². The van der Waals surface area contributed by atoms with Crippen molar-refractivity contribution in [2.45, 2.75) is 103 Å². The van der Waals surface area contributed by atoms with Crippen molar-refractivity contribution in [3.63, 3.8) is 0 Å². The molecule has 2 heteroatoms. The van der Waals surface area contributed by atoms with Crippen molar-refractivity contribution < 1.29 is 0 Å². The summed E-state index contributed by atoms with van der Waals surface area (Å²) in [6.07, 6.45) is 17.0. The molecule has 0 amide bonds. The van der Waals surface area contributed by atoms with Gasteiger partial charge in [-0.25, -0.2) is 0 Å². The molecule has 0 saturated carbocycles. The summed E-state index contributed by atoms with van der Waals surface area (Å²) < 4.78 is 0. The van der Waals surface area contributed by atoms with Gasteiger partial charge in [0, 0.05) is 0 Å². The first kappa shape index (κ1) is 18.5. The maximum Gasteiger partial charge on any atom is 0.178 e. The van der Waals surface area contributed by atoms with Gasteiger partial charge in [0.05, 0.1) is 0 Å². The average molecular weight is 289 g/mol. The first-order valence-corrected chi connectivity index (χ1v) is 10.0. The van der Waals surface area contributed by atoms with Gasteiger partial charge in [-0.3, -0.25) is 0 Å². The third-order valence-corrected chi connectivity index (χ3v) is 5.96. The van der Waals surface area contributed by atoms with Crippen LogP contribution in [0, 0.1) is 0 Å². The van der Waals surface area contributed by atoms with Crippen molar-refractivity contribution in [2.75, 3.05) is 0 Å². The minimum atomic E-state index is 0.376. The fourth-order valence-electron chi connectivity index (χ4n) is 2.28. The molecule has 0 aromatic heterocycles. The molecule has 0 unspecified atom stereocenters. The molecule has 0 aromatic rings. The Kier molecular flexibility index (Phi) is 12.9. The average Bonchev–Trinajstić information content (AvgIpc) is 2.36. The summed E-state index contributed by atoms with van der Waals surface area (Å²) >= 11 is 5.95. The van der Waals surface area contributed by atoms with Gasteiger partial charge < -0.3 is 0 Å². The summed E-state index contributed by atoms with van der Waals surface area (Å²) in [6, 6.07) is 0. The van der Waals surface area contributed by atoms with Crippen LogP contribution in [0.2, 0.25) is 5.04 Å². The normalized spacial score (nSPS) is 12.0. The lowest BCUT2D eigenvalue weighted by Crippen LogP contribution is -2.07. The standard InChI is InChI=1S/C16H33ClSi/c1-4-5-6-7-8-9-10-11-12-13-14-15-16(2,3)18-17/h4-15H2,1-3H3. The predicted molar refractivity (Wildman–Crippen MR) is 86.7 cm³/mol. The molecule has 0 saturated heterocycles. The van der Waals surface area contributed by atoms with Crippen LogP contribution < -0.4 is 0 Å². The van der Waals surface area contributed by atoms with E-state index in [9.17, 15) is 0 Å². The summed E-state index contributed by atoms with van der Waals surface area (Å²) in [5.41, 5.74) is 0. The molecule has 0 nitrogen and oxygen atoms in total. The summed E-state index contributed by atoms with van der Waals surface area (Å²) in [7, 11) is 0.568. The minimum Gasteiger partial charge on any atom is -0.171 e. The molecule has 0 aromatic carbocycles. The fraction of sp³-hybridized carbons (Fsp3) is 1.00. The van der Waals surface area contributed by atoms with Crippen LogP contribution in [0.4, 0.5) is 0 Å². The van der Waals surface area contributed by atoms with Gasteiger partial charge in [-0.2, -0.15) is 11.1 Å². The third kappa shape index (κ3) is 13.0. The summed E-state index contributed by atoms with van der Waals surface area (Å²) in [5, 5.41) is 0.376. The third-order valence-electron chi connectivity index (χ3n) is 3.66. The number of halogens is 1. The summed E-state index contributed by atoms with van der Waals surface area (Å²) in [5.74, 6) is 0. The SMILES string of the molecule is CCCCCCCCCCCCCC(C)(C)[Si]Cl. The van der Waals surface area contributed by atoms with Gasteiger partial charge in [-0.15, -0.1) is 0 Å². The highest BCUT2D eigenvalue weighted by Gasteiger charge is 2.16. The molecular formula is C16H33ClSi. The Morgan fingerprint density at radius 1 is 0.722 bits per heavy atom. The molecule has 0 aliphatic rings.